The second-order valence-corrected chi connectivity index (χ2v) is 5.69. The van der Waals surface area contributed by atoms with E-state index in [0.29, 0.717) is 24.6 Å². The molecule has 2 aliphatic rings. The minimum atomic E-state index is -0.171. The first-order valence-corrected chi connectivity index (χ1v) is 6.37. The van der Waals surface area contributed by atoms with Crippen molar-refractivity contribution in [1.82, 2.24) is 4.90 Å². The number of carbonyl (C=O) groups is 1. The third-order valence-corrected chi connectivity index (χ3v) is 4.03. The van der Waals surface area contributed by atoms with E-state index < -0.39 is 0 Å². The van der Waals surface area contributed by atoms with E-state index in [-0.39, 0.29) is 17.2 Å². The van der Waals surface area contributed by atoms with E-state index in [4.69, 9.17) is 5.73 Å². The van der Waals surface area contributed by atoms with Crippen LogP contribution in [0.25, 0.3) is 0 Å². The van der Waals surface area contributed by atoms with Crippen LogP contribution < -0.4 is 5.73 Å². The normalized spacial score (nSPS) is 21.6. The first kappa shape index (κ1) is 11.5. The van der Waals surface area contributed by atoms with Crippen LogP contribution in [0.3, 0.4) is 0 Å². The van der Waals surface area contributed by atoms with Gasteiger partial charge in [0.2, 0.25) is 0 Å². The second kappa shape index (κ2) is 3.72. The lowest BCUT2D eigenvalue weighted by atomic mass is 9.85. The maximum absolute atomic E-state index is 12.2. The number of phenolic OH excluding ortho intramolecular Hbond substituents is 1. The van der Waals surface area contributed by atoms with Crippen LogP contribution in [0, 0.1) is 12.8 Å². The predicted molar refractivity (Wildman–Crippen MR) is 68.4 cm³/mol. The summed E-state index contributed by atoms with van der Waals surface area (Å²) in [5.41, 5.74) is 7.37. The van der Waals surface area contributed by atoms with Crippen LogP contribution in [0.4, 0.5) is 0 Å². The molecule has 0 unspecified atom stereocenters. The lowest BCUT2D eigenvalue weighted by Crippen LogP contribution is -2.69. The second-order valence-electron chi connectivity index (χ2n) is 5.69. The van der Waals surface area contributed by atoms with Gasteiger partial charge in [-0.25, -0.2) is 0 Å². The molecule has 1 aromatic rings. The molecular weight excluding hydrogens is 228 g/mol. The van der Waals surface area contributed by atoms with Crippen molar-refractivity contribution in [2.75, 3.05) is 13.1 Å². The summed E-state index contributed by atoms with van der Waals surface area (Å²) in [6, 6.07) is 5.13. The number of likely N-dealkylation sites (tertiary alicyclic amines) is 1. The summed E-state index contributed by atoms with van der Waals surface area (Å²) < 4.78 is 0. The average molecular weight is 246 g/mol. The molecule has 0 radical (unpaired) electrons. The summed E-state index contributed by atoms with van der Waals surface area (Å²) in [5.74, 6) is 0.531. The Morgan fingerprint density at radius 3 is 2.67 bits per heavy atom. The molecular formula is C14H18N2O2. The Balaban J connectivity index is 1.72. The van der Waals surface area contributed by atoms with E-state index in [1.807, 2.05) is 13.0 Å². The van der Waals surface area contributed by atoms with Gasteiger partial charge in [0.15, 0.2) is 0 Å². The number of carbonyl (C=O) groups excluding carboxylic acids is 1. The molecule has 4 nitrogen and oxygen atoms in total. The van der Waals surface area contributed by atoms with Gasteiger partial charge >= 0.3 is 0 Å². The zero-order chi connectivity index (χ0) is 12.9. The zero-order valence-corrected chi connectivity index (χ0v) is 10.5. The van der Waals surface area contributed by atoms with Crippen LogP contribution in [0.1, 0.15) is 28.8 Å². The van der Waals surface area contributed by atoms with Crippen molar-refractivity contribution in [2.24, 2.45) is 11.7 Å². The highest BCUT2D eigenvalue weighted by atomic mass is 16.3. The standard InChI is InChI=1S/C14H18N2O2/c1-9-2-5-11(12(17)6-9)13(18)16-7-14(15,8-16)10-3-4-10/h2,5-6,10,17H,3-4,7-8,15H2,1H3. The lowest BCUT2D eigenvalue weighted by Gasteiger charge is -2.48. The van der Waals surface area contributed by atoms with Crippen molar-refractivity contribution < 1.29 is 9.90 Å². The molecule has 0 aromatic heterocycles. The number of hydrogen-bond acceptors (Lipinski definition) is 3. The molecule has 3 rings (SSSR count). The maximum atomic E-state index is 12.2. The minimum Gasteiger partial charge on any atom is -0.507 e. The van der Waals surface area contributed by atoms with Gasteiger partial charge in [-0.15, -0.1) is 0 Å². The lowest BCUT2D eigenvalue weighted by molar-refractivity contribution is 0.0348. The van der Waals surface area contributed by atoms with Gasteiger partial charge in [-0.2, -0.15) is 0 Å². The van der Waals surface area contributed by atoms with Gasteiger partial charge in [0.05, 0.1) is 11.1 Å². The maximum Gasteiger partial charge on any atom is 0.257 e. The Bertz CT molecular complexity index is 503. The highest BCUT2D eigenvalue weighted by molar-refractivity contribution is 5.97. The summed E-state index contributed by atoms with van der Waals surface area (Å²) in [7, 11) is 0. The van der Waals surface area contributed by atoms with Gasteiger partial charge < -0.3 is 15.7 Å². The number of rotatable bonds is 2. The molecule has 0 spiro atoms. The molecule has 1 heterocycles. The highest BCUT2D eigenvalue weighted by Gasteiger charge is 2.51. The molecule has 2 fully saturated rings. The summed E-state index contributed by atoms with van der Waals surface area (Å²) in [6.07, 6.45) is 2.38. The molecule has 1 saturated heterocycles. The Morgan fingerprint density at radius 2 is 2.11 bits per heavy atom. The number of amides is 1. The van der Waals surface area contributed by atoms with Crippen LogP contribution in [0.5, 0.6) is 5.75 Å². The molecule has 1 saturated carbocycles. The van der Waals surface area contributed by atoms with Crippen molar-refractivity contribution >= 4 is 5.91 Å². The number of aryl methyl sites for hydroxylation is 1. The quantitative estimate of drug-likeness (QED) is 0.825. The van der Waals surface area contributed by atoms with Crippen molar-refractivity contribution in [3.8, 4) is 5.75 Å². The number of nitrogens with zero attached hydrogens (tertiary/aromatic N) is 1. The van der Waals surface area contributed by atoms with E-state index in [1.54, 1.807) is 17.0 Å². The third-order valence-electron chi connectivity index (χ3n) is 4.03. The van der Waals surface area contributed by atoms with E-state index in [1.165, 1.54) is 12.8 Å². The minimum absolute atomic E-state index is 0.0564. The largest absolute Gasteiger partial charge is 0.507 e. The van der Waals surface area contributed by atoms with Crippen LogP contribution in [0.15, 0.2) is 18.2 Å². The summed E-state index contributed by atoms with van der Waals surface area (Å²) in [5, 5.41) is 9.80. The topological polar surface area (TPSA) is 66.6 Å². The molecule has 0 atom stereocenters. The fourth-order valence-electron chi connectivity index (χ4n) is 2.72. The van der Waals surface area contributed by atoms with Crippen LogP contribution >= 0.6 is 0 Å². The molecule has 4 heteroatoms. The van der Waals surface area contributed by atoms with Crippen LogP contribution in [-0.4, -0.2) is 34.5 Å². The first-order valence-electron chi connectivity index (χ1n) is 6.37. The number of benzene rings is 1. The van der Waals surface area contributed by atoms with E-state index in [2.05, 4.69) is 0 Å². The summed E-state index contributed by atoms with van der Waals surface area (Å²) in [4.78, 5) is 13.9. The fraction of sp³-hybridized carbons (Fsp3) is 0.500. The Labute approximate surface area is 106 Å². The van der Waals surface area contributed by atoms with E-state index in [0.717, 1.165) is 5.56 Å². The molecule has 1 aromatic carbocycles. The first-order chi connectivity index (χ1) is 8.49. The molecule has 96 valence electrons. The van der Waals surface area contributed by atoms with Gasteiger partial charge in [-0.1, -0.05) is 6.07 Å². The van der Waals surface area contributed by atoms with Crippen molar-refractivity contribution in [3.63, 3.8) is 0 Å². The molecule has 18 heavy (non-hydrogen) atoms. The smallest absolute Gasteiger partial charge is 0.257 e. The molecule has 1 amide bonds. The van der Waals surface area contributed by atoms with Crippen LogP contribution in [0.2, 0.25) is 0 Å². The molecule has 1 aliphatic carbocycles. The number of phenols is 1. The fourth-order valence-corrected chi connectivity index (χ4v) is 2.72. The van der Waals surface area contributed by atoms with E-state index >= 15 is 0 Å². The molecule has 0 bridgehead atoms. The highest BCUT2D eigenvalue weighted by Crippen LogP contribution is 2.43. The Morgan fingerprint density at radius 1 is 1.44 bits per heavy atom. The van der Waals surface area contributed by atoms with Gasteiger partial charge in [0, 0.05) is 13.1 Å². The Hall–Kier alpha value is -1.55. The average Bonchev–Trinajstić information content (AvgIpc) is 3.08. The van der Waals surface area contributed by atoms with Gasteiger partial charge in [0.25, 0.3) is 5.91 Å². The zero-order valence-electron chi connectivity index (χ0n) is 10.5. The van der Waals surface area contributed by atoms with Crippen molar-refractivity contribution in [3.05, 3.63) is 29.3 Å². The number of hydrogen-bond donors (Lipinski definition) is 2. The monoisotopic (exact) mass is 246 g/mol. The third kappa shape index (κ3) is 1.77. The van der Waals surface area contributed by atoms with Crippen molar-refractivity contribution in [1.29, 1.82) is 0 Å². The number of nitrogens with two attached hydrogens (primary N) is 1. The number of aromatic hydroxyl groups is 1. The summed E-state index contributed by atoms with van der Waals surface area (Å²) in [6.45, 7) is 3.11. The molecule has 1 aliphatic heterocycles. The summed E-state index contributed by atoms with van der Waals surface area (Å²) >= 11 is 0. The van der Waals surface area contributed by atoms with Gasteiger partial charge in [-0.3, -0.25) is 4.79 Å². The van der Waals surface area contributed by atoms with Gasteiger partial charge in [-0.05, 0) is 43.4 Å². The van der Waals surface area contributed by atoms with E-state index in [9.17, 15) is 9.90 Å². The predicted octanol–water partition coefficient (Wildman–Crippen LogP) is 1.26. The molecule has 3 N–H and O–H groups in total. The Kier molecular flexibility index (Phi) is 2.38. The van der Waals surface area contributed by atoms with Crippen molar-refractivity contribution in [2.45, 2.75) is 25.3 Å². The van der Waals surface area contributed by atoms with Gasteiger partial charge in [0.1, 0.15) is 5.75 Å². The SMILES string of the molecule is Cc1ccc(C(=O)N2CC(N)(C3CC3)C2)c(O)c1. The van der Waals surface area contributed by atoms with Crippen LogP contribution in [-0.2, 0) is 0 Å².